The largest absolute Gasteiger partial charge is 0.417 e. The molecule has 0 aliphatic carbocycles. The summed E-state index contributed by atoms with van der Waals surface area (Å²) in [5.41, 5.74) is 6.25. The molecule has 5 heteroatoms. The minimum absolute atomic E-state index is 0. The Hall–Kier alpha value is -3.31. The summed E-state index contributed by atoms with van der Waals surface area (Å²) in [6, 6.07) is 25.2. The zero-order valence-corrected chi connectivity index (χ0v) is 16.2. The Bertz CT molecular complexity index is 1170. The number of oxazole rings is 1. The fraction of sp³-hybridized carbons (Fsp3) is 0.240. The van der Waals surface area contributed by atoms with E-state index >= 15 is 0 Å². The molecule has 0 radical (unpaired) electrons. The van der Waals surface area contributed by atoms with E-state index < -0.39 is 5.76 Å². The average molecular weight is 402 g/mol. The molecule has 1 N–H and O–H groups in total. The van der Waals surface area contributed by atoms with Gasteiger partial charge >= 0.3 is 5.76 Å². The van der Waals surface area contributed by atoms with Crippen molar-refractivity contribution in [3.8, 4) is 11.1 Å². The van der Waals surface area contributed by atoms with Gasteiger partial charge in [0, 0.05) is 32.7 Å². The normalized spacial score (nSPS) is 14.6. The van der Waals surface area contributed by atoms with Gasteiger partial charge in [0.25, 0.3) is 0 Å². The van der Waals surface area contributed by atoms with Crippen LogP contribution in [0.1, 0.15) is 13.0 Å². The molecule has 0 spiro atoms. The van der Waals surface area contributed by atoms with Crippen LogP contribution in [0.5, 0.6) is 0 Å². The molecule has 1 fully saturated rings. The van der Waals surface area contributed by atoms with Gasteiger partial charge in [-0.25, -0.2) is 4.79 Å². The predicted octanol–water partition coefficient (Wildman–Crippen LogP) is 4.75. The van der Waals surface area contributed by atoms with Crippen LogP contribution in [0.25, 0.3) is 22.2 Å². The van der Waals surface area contributed by atoms with Crippen LogP contribution in [0.4, 0.5) is 5.69 Å². The topological polar surface area (TPSA) is 52.5 Å². The van der Waals surface area contributed by atoms with E-state index in [1.54, 1.807) is 0 Å². The number of nitrogens with zero attached hydrogens (tertiary/aromatic N) is 2. The summed E-state index contributed by atoms with van der Waals surface area (Å²) in [7, 11) is 0. The number of aromatic amines is 1. The van der Waals surface area contributed by atoms with Gasteiger partial charge in [0.05, 0.1) is 11.2 Å². The Kier molecular flexibility index (Phi) is 5.72. The minimum atomic E-state index is -0.399. The number of hydrogen-bond donors (Lipinski definition) is 1. The van der Waals surface area contributed by atoms with Gasteiger partial charge in [-0.2, -0.15) is 0 Å². The maximum Gasteiger partial charge on any atom is 0.417 e. The van der Waals surface area contributed by atoms with Crippen LogP contribution in [0.3, 0.4) is 0 Å². The van der Waals surface area contributed by atoms with E-state index in [0.717, 1.165) is 43.9 Å². The lowest BCUT2D eigenvalue weighted by molar-refractivity contribution is 0.250. The van der Waals surface area contributed by atoms with E-state index in [1.165, 1.54) is 16.7 Å². The maximum absolute atomic E-state index is 11.6. The standard InChI is InChI=1S/C24H23N3O2.CH4/c28-24-25-21-10-5-11-22(23(21)29-24)27-14-12-26(13-15-27)17-18-6-4-9-20(16-18)19-7-2-1-3-8-19;/h1-11,16H,12-15,17H2,(H,25,28);1H4. The average Bonchev–Trinajstić information content (AvgIpc) is 3.15. The molecule has 0 bridgehead atoms. The quantitative estimate of drug-likeness (QED) is 0.536. The first-order valence-corrected chi connectivity index (χ1v) is 10.00. The zero-order chi connectivity index (χ0) is 19.6. The van der Waals surface area contributed by atoms with Gasteiger partial charge in [0.2, 0.25) is 0 Å². The second-order valence-electron chi connectivity index (χ2n) is 7.50. The smallest absolute Gasteiger partial charge is 0.406 e. The van der Waals surface area contributed by atoms with Crippen LogP contribution < -0.4 is 10.7 Å². The van der Waals surface area contributed by atoms with Crippen molar-refractivity contribution in [3.63, 3.8) is 0 Å². The van der Waals surface area contributed by atoms with Gasteiger partial charge in [-0.3, -0.25) is 9.88 Å². The summed E-state index contributed by atoms with van der Waals surface area (Å²) in [5, 5.41) is 0. The monoisotopic (exact) mass is 401 g/mol. The van der Waals surface area contributed by atoms with Crippen molar-refractivity contribution in [1.82, 2.24) is 9.88 Å². The van der Waals surface area contributed by atoms with Crippen molar-refractivity contribution in [2.45, 2.75) is 14.0 Å². The predicted molar refractivity (Wildman–Crippen MR) is 123 cm³/mol. The summed E-state index contributed by atoms with van der Waals surface area (Å²) in [4.78, 5) is 19.1. The van der Waals surface area contributed by atoms with Gasteiger partial charge in [0.1, 0.15) is 0 Å². The van der Waals surface area contributed by atoms with Gasteiger partial charge in [0.15, 0.2) is 5.58 Å². The van der Waals surface area contributed by atoms with Crippen molar-refractivity contribution in [2.75, 3.05) is 31.1 Å². The molecule has 1 aliphatic heterocycles. The molecule has 0 saturated carbocycles. The van der Waals surface area contributed by atoms with E-state index in [0.29, 0.717) is 5.58 Å². The Labute approximate surface area is 176 Å². The third-order valence-corrected chi connectivity index (χ3v) is 5.58. The molecule has 4 aromatic rings. The Morgan fingerprint density at radius 2 is 1.57 bits per heavy atom. The number of para-hydroxylation sites is 1. The van der Waals surface area contributed by atoms with E-state index in [-0.39, 0.29) is 7.43 Å². The second kappa shape index (κ2) is 8.59. The highest BCUT2D eigenvalue weighted by Crippen LogP contribution is 2.26. The van der Waals surface area contributed by atoms with Crippen LogP contribution in [0, 0.1) is 0 Å². The van der Waals surface area contributed by atoms with Crippen LogP contribution in [-0.4, -0.2) is 36.1 Å². The van der Waals surface area contributed by atoms with Crippen molar-refractivity contribution in [2.24, 2.45) is 0 Å². The number of anilines is 1. The molecule has 2 heterocycles. The summed E-state index contributed by atoms with van der Waals surface area (Å²) in [6.07, 6.45) is 0. The molecule has 5 rings (SSSR count). The molecule has 1 aliphatic rings. The number of H-pyrrole nitrogens is 1. The molecule has 5 nitrogen and oxygen atoms in total. The second-order valence-corrected chi connectivity index (χ2v) is 7.50. The SMILES string of the molecule is C.O=c1[nH]c2cccc(N3CCN(Cc4cccc(-c5ccccc5)c4)CC3)c2o1. The molecular weight excluding hydrogens is 374 g/mol. The van der Waals surface area contributed by atoms with E-state index in [2.05, 4.69) is 63.3 Å². The number of fused-ring (bicyclic) bond motifs is 1. The van der Waals surface area contributed by atoms with Crippen molar-refractivity contribution in [3.05, 3.63) is 88.9 Å². The summed E-state index contributed by atoms with van der Waals surface area (Å²) >= 11 is 0. The summed E-state index contributed by atoms with van der Waals surface area (Å²) in [5.74, 6) is -0.399. The molecule has 30 heavy (non-hydrogen) atoms. The van der Waals surface area contributed by atoms with E-state index in [4.69, 9.17) is 4.42 Å². The highest BCUT2D eigenvalue weighted by Gasteiger charge is 2.20. The summed E-state index contributed by atoms with van der Waals surface area (Å²) in [6.45, 7) is 4.71. The Balaban J connectivity index is 0.00000218. The first-order valence-electron chi connectivity index (χ1n) is 10.00. The van der Waals surface area contributed by atoms with Crippen LogP contribution >= 0.6 is 0 Å². The Morgan fingerprint density at radius 1 is 0.833 bits per heavy atom. The Morgan fingerprint density at radius 3 is 2.37 bits per heavy atom. The van der Waals surface area contributed by atoms with Crippen LogP contribution in [-0.2, 0) is 6.54 Å². The first kappa shape index (κ1) is 20.0. The molecule has 1 saturated heterocycles. The van der Waals surface area contributed by atoms with E-state index in [9.17, 15) is 4.79 Å². The van der Waals surface area contributed by atoms with Gasteiger partial charge in [-0.05, 0) is 34.9 Å². The number of hydrogen-bond acceptors (Lipinski definition) is 4. The van der Waals surface area contributed by atoms with Crippen LogP contribution in [0.15, 0.2) is 82.0 Å². The molecule has 0 amide bonds. The number of rotatable bonds is 4. The molecular formula is C25H27N3O2. The maximum atomic E-state index is 11.6. The molecule has 154 valence electrons. The zero-order valence-electron chi connectivity index (χ0n) is 16.2. The lowest BCUT2D eigenvalue weighted by Crippen LogP contribution is -2.46. The fourth-order valence-corrected chi connectivity index (χ4v) is 4.09. The summed E-state index contributed by atoms with van der Waals surface area (Å²) < 4.78 is 5.36. The lowest BCUT2D eigenvalue weighted by Gasteiger charge is -2.36. The highest BCUT2D eigenvalue weighted by molar-refractivity contribution is 5.86. The van der Waals surface area contributed by atoms with Crippen molar-refractivity contribution in [1.29, 1.82) is 0 Å². The number of benzene rings is 3. The third-order valence-electron chi connectivity index (χ3n) is 5.58. The minimum Gasteiger partial charge on any atom is -0.406 e. The van der Waals surface area contributed by atoms with Crippen molar-refractivity contribution < 1.29 is 4.42 Å². The third kappa shape index (κ3) is 4.02. The highest BCUT2D eigenvalue weighted by atomic mass is 16.4. The first-order chi connectivity index (χ1) is 14.3. The molecule has 3 aromatic carbocycles. The number of aromatic nitrogens is 1. The number of piperazine rings is 1. The van der Waals surface area contributed by atoms with Gasteiger partial charge in [-0.1, -0.05) is 62.0 Å². The fourth-order valence-electron chi connectivity index (χ4n) is 4.09. The molecule has 1 aromatic heterocycles. The molecule has 0 atom stereocenters. The lowest BCUT2D eigenvalue weighted by atomic mass is 10.0. The van der Waals surface area contributed by atoms with E-state index in [1.807, 2.05) is 24.3 Å². The van der Waals surface area contributed by atoms with Gasteiger partial charge in [-0.15, -0.1) is 0 Å². The van der Waals surface area contributed by atoms with Gasteiger partial charge < -0.3 is 9.32 Å². The molecule has 0 unspecified atom stereocenters. The number of nitrogens with one attached hydrogen (secondary N) is 1. The van der Waals surface area contributed by atoms with Crippen molar-refractivity contribution >= 4 is 16.8 Å². The van der Waals surface area contributed by atoms with Crippen LogP contribution in [0.2, 0.25) is 0 Å².